The van der Waals surface area contributed by atoms with E-state index in [2.05, 4.69) is 20.6 Å². The molecule has 0 unspecified atom stereocenters. The zero-order chi connectivity index (χ0) is 18.8. The molecule has 0 amide bonds. The van der Waals surface area contributed by atoms with Crippen molar-refractivity contribution < 1.29 is 9.53 Å². The van der Waals surface area contributed by atoms with E-state index in [1.165, 1.54) is 11.3 Å². The molecule has 0 saturated heterocycles. The number of rotatable bonds is 6. The molecule has 4 rings (SSSR count). The van der Waals surface area contributed by atoms with Crippen molar-refractivity contribution in [2.75, 3.05) is 0 Å². The molecule has 0 atom stereocenters. The van der Waals surface area contributed by atoms with Gasteiger partial charge in [-0.05, 0) is 42.0 Å². The Morgan fingerprint density at radius 3 is 2.85 bits per heavy atom. The first-order valence-corrected chi connectivity index (χ1v) is 9.45. The fraction of sp³-hybridized carbons (Fsp3) is 0.278. The molecule has 0 aliphatic carbocycles. The largest absolute Gasteiger partial charge is 0.453 e. The van der Waals surface area contributed by atoms with Crippen molar-refractivity contribution in [1.29, 1.82) is 0 Å². The number of aryl methyl sites for hydroxylation is 2. The van der Waals surface area contributed by atoms with Crippen LogP contribution >= 0.6 is 11.3 Å². The first kappa shape index (κ1) is 17.3. The standard InChI is InChI=1S/C18H18N6O2S/c1-3-9-23-16(19-21-22-23)11-26-18(25)15-10-14-12(2)20-24(17(14)27-15)13-7-5-4-6-8-13/h4-8,10H,3,9,11H2,1-2H3. The van der Waals surface area contributed by atoms with Crippen LogP contribution in [0.1, 0.15) is 34.5 Å². The lowest BCUT2D eigenvalue weighted by atomic mass is 10.3. The van der Waals surface area contributed by atoms with Crippen LogP contribution in [0.5, 0.6) is 0 Å². The molecule has 4 aromatic rings. The van der Waals surface area contributed by atoms with Gasteiger partial charge in [0.25, 0.3) is 0 Å². The number of tetrazole rings is 1. The number of para-hydroxylation sites is 1. The molecule has 138 valence electrons. The topological polar surface area (TPSA) is 87.7 Å². The van der Waals surface area contributed by atoms with E-state index in [1.807, 2.05) is 54.9 Å². The maximum absolute atomic E-state index is 12.5. The smallest absolute Gasteiger partial charge is 0.348 e. The van der Waals surface area contributed by atoms with Crippen molar-refractivity contribution in [3.8, 4) is 5.69 Å². The monoisotopic (exact) mass is 382 g/mol. The summed E-state index contributed by atoms with van der Waals surface area (Å²) in [6.45, 7) is 4.70. The predicted octanol–water partition coefficient (Wildman–Crippen LogP) is 3.15. The SMILES string of the molecule is CCCn1nnnc1COC(=O)c1cc2c(C)nn(-c3ccccc3)c2s1. The Morgan fingerprint density at radius 2 is 2.07 bits per heavy atom. The summed E-state index contributed by atoms with van der Waals surface area (Å²) in [7, 11) is 0. The minimum atomic E-state index is -0.388. The fourth-order valence-corrected chi connectivity index (χ4v) is 3.88. The van der Waals surface area contributed by atoms with E-state index in [9.17, 15) is 4.79 Å². The Labute approximate surface area is 159 Å². The van der Waals surface area contributed by atoms with E-state index >= 15 is 0 Å². The molecule has 9 heteroatoms. The van der Waals surface area contributed by atoms with Gasteiger partial charge < -0.3 is 4.74 Å². The Balaban J connectivity index is 1.57. The highest BCUT2D eigenvalue weighted by Gasteiger charge is 2.19. The summed E-state index contributed by atoms with van der Waals surface area (Å²) in [5.41, 5.74) is 1.83. The highest BCUT2D eigenvalue weighted by Crippen LogP contribution is 2.30. The van der Waals surface area contributed by atoms with E-state index < -0.39 is 0 Å². The number of esters is 1. The van der Waals surface area contributed by atoms with Crippen LogP contribution in [0, 0.1) is 6.92 Å². The quantitative estimate of drug-likeness (QED) is 0.476. The molecular weight excluding hydrogens is 364 g/mol. The highest BCUT2D eigenvalue weighted by atomic mass is 32.1. The lowest BCUT2D eigenvalue weighted by molar-refractivity contribution is 0.0462. The third kappa shape index (κ3) is 3.33. The van der Waals surface area contributed by atoms with Crippen LogP contribution in [0.25, 0.3) is 15.9 Å². The lowest BCUT2D eigenvalue weighted by Crippen LogP contribution is -2.10. The molecule has 0 fully saturated rings. The first-order chi connectivity index (χ1) is 13.2. The number of carbonyl (C=O) groups excluding carboxylic acids is 1. The molecular formula is C18H18N6O2S. The molecule has 1 aromatic carbocycles. The van der Waals surface area contributed by atoms with Crippen LogP contribution in [0.3, 0.4) is 0 Å². The van der Waals surface area contributed by atoms with Crippen LogP contribution in [0.2, 0.25) is 0 Å². The summed E-state index contributed by atoms with van der Waals surface area (Å²) >= 11 is 1.37. The van der Waals surface area contributed by atoms with Gasteiger partial charge in [0.05, 0.1) is 11.4 Å². The Morgan fingerprint density at radius 1 is 1.26 bits per heavy atom. The second-order valence-electron chi connectivity index (χ2n) is 6.06. The molecule has 0 bridgehead atoms. The van der Waals surface area contributed by atoms with Gasteiger partial charge >= 0.3 is 5.97 Å². The van der Waals surface area contributed by atoms with Gasteiger partial charge in [-0.3, -0.25) is 0 Å². The average molecular weight is 382 g/mol. The van der Waals surface area contributed by atoms with Crippen molar-refractivity contribution in [2.24, 2.45) is 0 Å². The van der Waals surface area contributed by atoms with Crippen molar-refractivity contribution in [1.82, 2.24) is 30.0 Å². The summed E-state index contributed by atoms with van der Waals surface area (Å²) in [6, 6.07) is 11.7. The minimum absolute atomic E-state index is 0.0455. The number of nitrogens with zero attached hydrogens (tertiary/aromatic N) is 6. The minimum Gasteiger partial charge on any atom is -0.453 e. The maximum Gasteiger partial charge on any atom is 0.348 e. The van der Waals surface area contributed by atoms with Crippen LogP contribution in [0.4, 0.5) is 0 Å². The van der Waals surface area contributed by atoms with Gasteiger partial charge in [-0.25, -0.2) is 14.2 Å². The van der Waals surface area contributed by atoms with Gasteiger partial charge in [-0.1, -0.05) is 25.1 Å². The van der Waals surface area contributed by atoms with Crippen molar-refractivity contribution in [3.05, 3.63) is 52.8 Å². The van der Waals surface area contributed by atoms with Gasteiger partial charge in [-0.2, -0.15) is 5.10 Å². The molecule has 3 aromatic heterocycles. The highest BCUT2D eigenvalue weighted by molar-refractivity contribution is 7.20. The van der Waals surface area contributed by atoms with E-state index in [0.29, 0.717) is 17.2 Å². The molecule has 0 saturated carbocycles. The number of carbonyl (C=O) groups is 1. The predicted molar refractivity (Wildman–Crippen MR) is 101 cm³/mol. The number of thiophene rings is 1. The summed E-state index contributed by atoms with van der Waals surface area (Å²) in [5, 5.41) is 17.0. The van der Waals surface area contributed by atoms with Crippen LogP contribution in [0.15, 0.2) is 36.4 Å². The second-order valence-corrected chi connectivity index (χ2v) is 7.09. The normalized spacial score (nSPS) is 11.2. The second kappa shape index (κ2) is 7.28. The molecule has 3 heterocycles. The number of aromatic nitrogens is 6. The molecule has 8 nitrogen and oxygen atoms in total. The average Bonchev–Trinajstić information content (AvgIpc) is 3.38. The zero-order valence-electron chi connectivity index (χ0n) is 15.0. The van der Waals surface area contributed by atoms with Gasteiger partial charge in [0.1, 0.15) is 9.71 Å². The van der Waals surface area contributed by atoms with Gasteiger partial charge in [-0.15, -0.1) is 16.4 Å². The van der Waals surface area contributed by atoms with E-state index in [4.69, 9.17) is 4.74 Å². The summed E-state index contributed by atoms with van der Waals surface area (Å²) in [5.74, 6) is 0.152. The first-order valence-electron chi connectivity index (χ1n) is 8.64. The van der Waals surface area contributed by atoms with Crippen LogP contribution < -0.4 is 0 Å². The molecule has 27 heavy (non-hydrogen) atoms. The van der Waals surface area contributed by atoms with Gasteiger partial charge in [0, 0.05) is 11.9 Å². The molecule has 0 aliphatic rings. The van der Waals surface area contributed by atoms with Crippen molar-refractivity contribution >= 4 is 27.5 Å². The van der Waals surface area contributed by atoms with Crippen molar-refractivity contribution in [3.63, 3.8) is 0 Å². The third-order valence-corrected chi connectivity index (χ3v) is 5.21. The summed E-state index contributed by atoms with van der Waals surface area (Å²) in [4.78, 5) is 14.0. The lowest BCUT2D eigenvalue weighted by Gasteiger charge is -2.04. The number of hydrogen-bond acceptors (Lipinski definition) is 7. The molecule has 0 aliphatic heterocycles. The van der Waals surface area contributed by atoms with Crippen LogP contribution in [-0.2, 0) is 17.9 Å². The number of benzene rings is 1. The zero-order valence-corrected chi connectivity index (χ0v) is 15.8. The van der Waals surface area contributed by atoms with Gasteiger partial charge in [0.2, 0.25) is 0 Å². The van der Waals surface area contributed by atoms with E-state index in [-0.39, 0.29) is 12.6 Å². The number of ether oxygens (including phenoxy) is 1. The summed E-state index contributed by atoms with van der Waals surface area (Å²) < 4.78 is 8.93. The molecule has 0 N–H and O–H groups in total. The number of fused-ring (bicyclic) bond motifs is 1. The van der Waals surface area contributed by atoms with Crippen LogP contribution in [-0.4, -0.2) is 36.0 Å². The molecule has 0 spiro atoms. The maximum atomic E-state index is 12.5. The van der Waals surface area contributed by atoms with E-state index in [0.717, 1.165) is 28.0 Å². The Hall–Kier alpha value is -3.07. The third-order valence-electron chi connectivity index (χ3n) is 4.12. The molecule has 0 radical (unpaired) electrons. The van der Waals surface area contributed by atoms with E-state index in [1.54, 1.807) is 4.68 Å². The Bertz CT molecular complexity index is 1080. The summed E-state index contributed by atoms with van der Waals surface area (Å²) in [6.07, 6.45) is 0.900. The van der Waals surface area contributed by atoms with Crippen molar-refractivity contribution in [2.45, 2.75) is 33.4 Å². The van der Waals surface area contributed by atoms with Gasteiger partial charge in [0.15, 0.2) is 12.4 Å². The fourth-order valence-electron chi connectivity index (χ4n) is 2.81. The Kier molecular flexibility index (Phi) is 4.68. The number of hydrogen-bond donors (Lipinski definition) is 0.